The average Bonchev–Trinajstić information content (AvgIpc) is 3.28. The number of ether oxygens (including phenoxy) is 1. The van der Waals surface area contributed by atoms with E-state index in [4.69, 9.17) is 21.5 Å². The van der Waals surface area contributed by atoms with Crippen LogP contribution in [0, 0.1) is 5.82 Å². The first-order chi connectivity index (χ1) is 14.2. The first kappa shape index (κ1) is 18.1. The Morgan fingerprint density at radius 3 is 2.76 bits per heavy atom. The second kappa shape index (κ2) is 7.11. The first-order valence-electron chi connectivity index (χ1n) is 9.52. The highest BCUT2D eigenvalue weighted by molar-refractivity contribution is 6.34. The Kier molecular flexibility index (Phi) is 4.43. The molecule has 7 nitrogen and oxygen atoms in total. The van der Waals surface area contributed by atoms with E-state index in [1.807, 2.05) is 18.2 Å². The summed E-state index contributed by atoms with van der Waals surface area (Å²) >= 11 is 6.41. The predicted molar refractivity (Wildman–Crippen MR) is 108 cm³/mol. The maximum atomic E-state index is 13.9. The van der Waals surface area contributed by atoms with E-state index < -0.39 is 5.82 Å². The average molecular weight is 413 g/mol. The molecule has 1 aromatic heterocycles. The molecule has 2 aliphatic rings. The number of H-pyrrole nitrogens is 1. The van der Waals surface area contributed by atoms with Gasteiger partial charge >= 0.3 is 0 Å². The number of anilines is 1. The van der Waals surface area contributed by atoms with Gasteiger partial charge in [-0.3, -0.25) is 4.99 Å². The van der Waals surface area contributed by atoms with E-state index in [0.717, 1.165) is 36.9 Å². The van der Waals surface area contributed by atoms with Crippen molar-refractivity contribution in [1.29, 1.82) is 0 Å². The largest absolute Gasteiger partial charge is 0.456 e. The minimum atomic E-state index is -0.404. The maximum absolute atomic E-state index is 13.9. The van der Waals surface area contributed by atoms with Crippen LogP contribution in [0.2, 0.25) is 0 Å². The van der Waals surface area contributed by atoms with Crippen LogP contribution in [-0.2, 0) is 5.54 Å². The van der Waals surface area contributed by atoms with Crippen molar-refractivity contribution in [2.45, 2.75) is 37.6 Å². The van der Waals surface area contributed by atoms with Crippen molar-refractivity contribution >= 4 is 23.8 Å². The Labute approximate surface area is 171 Å². The molecule has 1 N–H and O–H groups in total. The summed E-state index contributed by atoms with van der Waals surface area (Å²) in [7, 11) is 0. The molecule has 0 atom stereocenters. The van der Waals surface area contributed by atoms with Crippen LogP contribution in [0.15, 0.2) is 41.4 Å². The number of hydrogen-bond donors (Lipinski definition) is 1. The predicted octanol–water partition coefficient (Wildman–Crippen LogP) is 4.96. The third-order valence-corrected chi connectivity index (χ3v) is 5.82. The fourth-order valence-electron chi connectivity index (χ4n) is 4.22. The highest BCUT2D eigenvalue weighted by Gasteiger charge is 2.41. The summed E-state index contributed by atoms with van der Waals surface area (Å²) in [6.07, 6.45) is 6.94. The fourth-order valence-corrected chi connectivity index (χ4v) is 4.41. The van der Waals surface area contributed by atoms with Crippen LogP contribution in [0.1, 0.15) is 37.7 Å². The van der Waals surface area contributed by atoms with E-state index in [-0.39, 0.29) is 5.54 Å². The van der Waals surface area contributed by atoms with Crippen molar-refractivity contribution in [1.82, 2.24) is 20.6 Å². The Bertz CT molecular complexity index is 1060. The second-order valence-corrected chi connectivity index (χ2v) is 7.65. The summed E-state index contributed by atoms with van der Waals surface area (Å²) in [4.78, 5) is 4.82. The van der Waals surface area contributed by atoms with Gasteiger partial charge in [-0.2, -0.15) is 0 Å². The Morgan fingerprint density at radius 1 is 1.10 bits per heavy atom. The quantitative estimate of drug-likeness (QED) is 0.615. The molecule has 9 heteroatoms. The number of nitrogens with one attached hydrogen (secondary N) is 1. The Balaban J connectivity index is 1.63. The van der Waals surface area contributed by atoms with E-state index in [1.54, 1.807) is 12.4 Å². The zero-order valence-corrected chi connectivity index (χ0v) is 16.2. The lowest BCUT2D eigenvalue weighted by atomic mass is 9.75. The SMILES string of the molecule is Fc1ccc(Oc2cccc3c2C2(CCCCC2)N=CN3Cl)c(-c2nnn[nH]2)c1. The normalized spacial score (nSPS) is 17.4. The van der Waals surface area contributed by atoms with Crippen LogP contribution < -0.4 is 9.16 Å². The van der Waals surface area contributed by atoms with Gasteiger partial charge in [0.15, 0.2) is 5.82 Å². The van der Waals surface area contributed by atoms with E-state index in [0.29, 0.717) is 22.9 Å². The monoisotopic (exact) mass is 412 g/mol. The summed E-state index contributed by atoms with van der Waals surface area (Å²) in [5.41, 5.74) is 1.89. The molecule has 0 amide bonds. The van der Waals surface area contributed by atoms with Crippen molar-refractivity contribution in [2.24, 2.45) is 4.99 Å². The number of benzene rings is 2. The van der Waals surface area contributed by atoms with Crippen LogP contribution in [0.4, 0.5) is 10.1 Å². The second-order valence-electron chi connectivity index (χ2n) is 7.29. The third kappa shape index (κ3) is 3.13. The van der Waals surface area contributed by atoms with Crippen molar-refractivity contribution in [3.8, 4) is 22.9 Å². The number of hydrogen-bond acceptors (Lipinski definition) is 6. The van der Waals surface area contributed by atoms with Gasteiger partial charge in [0, 0.05) is 17.3 Å². The zero-order chi connectivity index (χ0) is 19.8. The van der Waals surface area contributed by atoms with Gasteiger partial charge in [0.2, 0.25) is 0 Å². The smallest absolute Gasteiger partial charge is 0.183 e. The zero-order valence-electron chi connectivity index (χ0n) is 15.5. The highest BCUT2D eigenvalue weighted by Crippen LogP contribution is 2.51. The molecule has 0 radical (unpaired) electrons. The minimum absolute atomic E-state index is 0.327. The molecule has 1 aliphatic heterocycles. The number of aromatic amines is 1. The summed E-state index contributed by atoms with van der Waals surface area (Å²) in [5.74, 6) is 1.01. The number of tetrazole rings is 1. The number of fused-ring (bicyclic) bond motifs is 2. The highest BCUT2D eigenvalue weighted by atomic mass is 35.5. The van der Waals surface area contributed by atoms with Crippen molar-refractivity contribution in [3.05, 3.63) is 47.8 Å². The van der Waals surface area contributed by atoms with Gasteiger partial charge in [0.05, 0.1) is 16.8 Å². The Hall–Kier alpha value is -3.00. The number of rotatable bonds is 3. The molecule has 1 spiro atoms. The number of aromatic nitrogens is 4. The standard InChI is InChI=1S/C20H18ClFN6O/c21-28-12-23-20(9-2-1-3-10-20)18-15(28)5-4-6-17(18)29-16-8-7-13(22)11-14(16)19-24-26-27-25-19/h4-8,11-12H,1-3,9-10H2,(H,24,25,26,27). The molecule has 1 fully saturated rings. The van der Waals surface area contributed by atoms with Crippen LogP contribution in [0.5, 0.6) is 11.5 Å². The van der Waals surface area contributed by atoms with Crippen molar-refractivity contribution in [2.75, 3.05) is 4.42 Å². The van der Waals surface area contributed by atoms with Gasteiger partial charge in [-0.15, -0.1) is 5.10 Å². The molecule has 0 bridgehead atoms. The molecule has 148 valence electrons. The molecule has 2 aromatic carbocycles. The first-order valence-corrected chi connectivity index (χ1v) is 9.85. The van der Waals surface area contributed by atoms with Crippen LogP contribution in [-0.4, -0.2) is 27.0 Å². The van der Waals surface area contributed by atoms with E-state index >= 15 is 0 Å². The molecule has 1 aliphatic carbocycles. The van der Waals surface area contributed by atoms with Gasteiger partial charge in [0.1, 0.15) is 23.7 Å². The molecule has 3 aromatic rings. The maximum Gasteiger partial charge on any atom is 0.183 e. The molecule has 2 heterocycles. The van der Waals surface area contributed by atoms with Crippen molar-refractivity contribution < 1.29 is 9.13 Å². The molecule has 29 heavy (non-hydrogen) atoms. The van der Waals surface area contributed by atoms with E-state index in [2.05, 4.69) is 20.6 Å². The topological polar surface area (TPSA) is 79.3 Å². The third-order valence-electron chi connectivity index (χ3n) is 5.55. The van der Waals surface area contributed by atoms with Crippen molar-refractivity contribution in [3.63, 3.8) is 0 Å². The number of halogens is 2. The van der Waals surface area contributed by atoms with Gasteiger partial charge in [-0.25, -0.2) is 13.9 Å². The molecular weight excluding hydrogens is 395 g/mol. The van der Waals surface area contributed by atoms with Gasteiger partial charge in [-0.05, 0) is 53.6 Å². The fraction of sp³-hybridized carbons (Fsp3) is 0.300. The summed E-state index contributed by atoms with van der Waals surface area (Å²) in [6.45, 7) is 0. The summed E-state index contributed by atoms with van der Waals surface area (Å²) < 4.78 is 21.7. The Morgan fingerprint density at radius 2 is 1.97 bits per heavy atom. The minimum Gasteiger partial charge on any atom is -0.456 e. The lowest BCUT2D eigenvalue weighted by Crippen LogP contribution is -2.34. The lowest BCUT2D eigenvalue weighted by Gasteiger charge is -2.40. The molecule has 1 saturated carbocycles. The van der Waals surface area contributed by atoms with Crippen LogP contribution >= 0.6 is 11.8 Å². The molecule has 5 rings (SSSR count). The summed E-state index contributed by atoms with van der Waals surface area (Å²) in [5, 5.41) is 13.7. The molecule has 0 unspecified atom stereocenters. The van der Waals surface area contributed by atoms with Crippen LogP contribution in [0.3, 0.4) is 0 Å². The van der Waals surface area contributed by atoms with E-state index in [1.165, 1.54) is 23.0 Å². The van der Waals surface area contributed by atoms with Gasteiger partial charge in [-0.1, -0.05) is 25.3 Å². The lowest BCUT2D eigenvalue weighted by molar-refractivity contribution is 0.296. The van der Waals surface area contributed by atoms with Gasteiger partial charge in [0.25, 0.3) is 0 Å². The number of nitrogens with zero attached hydrogens (tertiary/aromatic N) is 5. The van der Waals surface area contributed by atoms with Crippen LogP contribution in [0.25, 0.3) is 11.4 Å². The molecule has 0 saturated heterocycles. The van der Waals surface area contributed by atoms with E-state index in [9.17, 15) is 4.39 Å². The number of aliphatic imine (C=N–C) groups is 1. The summed E-state index contributed by atoms with van der Waals surface area (Å²) in [6, 6.07) is 10.0. The van der Waals surface area contributed by atoms with Gasteiger partial charge < -0.3 is 4.74 Å². The molecular formula is C20H18ClFN6O.